The summed E-state index contributed by atoms with van der Waals surface area (Å²) in [6, 6.07) is 0.339. The molecule has 0 aromatic rings. The van der Waals surface area contributed by atoms with Gasteiger partial charge in [-0.25, -0.2) is 0 Å². The van der Waals surface area contributed by atoms with Gasteiger partial charge in [-0.1, -0.05) is 19.3 Å². The Morgan fingerprint density at radius 1 is 1.57 bits per heavy atom. The number of carbonyl (C=O) groups is 1. The fourth-order valence-electron chi connectivity index (χ4n) is 1.76. The van der Waals surface area contributed by atoms with Gasteiger partial charge in [0.1, 0.15) is 0 Å². The van der Waals surface area contributed by atoms with E-state index in [1.807, 2.05) is 0 Å². The number of hydrogen-bond donors (Lipinski definition) is 2. The minimum absolute atomic E-state index is 0.275. The Hall–Kier alpha value is -0.570. The highest BCUT2D eigenvalue weighted by atomic mass is 16.4. The van der Waals surface area contributed by atoms with Crippen LogP contribution < -0.4 is 5.32 Å². The lowest BCUT2D eigenvalue weighted by Crippen LogP contribution is -2.29. The van der Waals surface area contributed by atoms with Crippen LogP contribution in [0.15, 0.2) is 0 Å². The molecule has 0 heterocycles. The van der Waals surface area contributed by atoms with E-state index in [4.69, 9.17) is 5.11 Å². The van der Waals surface area contributed by atoms with Crippen LogP contribution in [-0.4, -0.2) is 23.7 Å². The molecule has 1 saturated carbocycles. The van der Waals surface area contributed by atoms with Crippen LogP contribution in [0.4, 0.5) is 0 Å². The van der Waals surface area contributed by atoms with Crippen LogP contribution in [0.2, 0.25) is 0 Å². The van der Waals surface area contributed by atoms with E-state index in [2.05, 4.69) is 12.2 Å². The number of rotatable bonds is 7. The fraction of sp³-hybridized carbons (Fsp3) is 0.909. The molecule has 0 aromatic carbocycles. The summed E-state index contributed by atoms with van der Waals surface area (Å²) in [4.78, 5) is 10.3. The molecule has 14 heavy (non-hydrogen) atoms. The maximum atomic E-state index is 10.3. The third kappa shape index (κ3) is 4.61. The van der Waals surface area contributed by atoms with Gasteiger partial charge in [0.2, 0.25) is 0 Å². The van der Waals surface area contributed by atoms with E-state index >= 15 is 0 Å². The van der Waals surface area contributed by atoms with Crippen molar-refractivity contribution >= 4 is 5.97 Å². The molecule has 3 nitrogen and oxygen atoms in total. The molecule has 1 unspecified atom stereocenters. The molecule has 0 bridgehead atoms. The third-order valence-corrected chi connectivity index (χ3v) is 3.06. The molecule has 0 aliphatic heterocycles. The average molecular weight is 199 g/mol. The van der Waals surface area contributed by atoms with Crippen molar-refractivity contribution in [3.05, 3.63) is 0 Å². The van der Waals surface area contributed by atoms with Gasteiger partial charge in [-0.05, 0) is 32.2 Å². The Morgan fingerprint density at radius 2 is 2.29 bits per heavy atom. The first-order valence-corrected chi connectivity index (χ1v) is 5.63. The van der Waals surface area contributed by atoms with E-state index in [0.717, 1.165) is 18.9 Å². The van der Waals surface area contributed by atoms with Gasteiger partial charge in [0.15, 0.2) is 0 Å². The number of nitrogens with one attached hydrogen (secondary N) is 1. The maximum Gasteiger partial charge on any atom is 0.303 e. The summed E-state index contributed by atoms with van der Waals surface area (Å²) in [7, 11) is 0. The van der Waals surface area contributed by atoms with Gasteiger partial charge in [0, 0.05) is 12.5 Å². The van der Waals surface area contributed by atoms with Crippen molar-refractivity contribution < 1.29 is 9.90 Å². The van der Waals surface area contributed by atoms with Crippen LogP contribution in [0.5, 0.6) is 0 Å². The molecule has 0 radical (unpaired) electrons. The predicted molar refractivity (Wildman–Crippen MR) is 56.3 cm³/mol. The molecule has 1 aliphatic carbocycles. The summed E-state index contributed by atoms with van der Waals surface area (Å²) in [6.07, 6.45) is 6.46. The van der Waals surface area contributed by atoms with Crippen molar-refractivity contribution in [1.29, 1.82) is 0 Å². The normalized spacial score (nSPS) is 18.9. The highest BCUT2D eigenvalue weighted by molar-refractivity contribution is 5.66. The minimum atomic E-state index is -0.697. The van der Waals surface area contributed by atoms with Crippen molar-refractivity contribution in [3.8, 4) is 0 Å². The first-order chi connectivity index (χ1) is 6.68. The zero-order valence-electron chi connectivity index (χ0n) is 8.96. The second-order valence-electron chi connectivity index (χ2n) is 4.37. The lowest BCUT2D eigenvalue weighted by atomic mass is 9.83. The molecule has 1 aliphatic rings. The van der Waals surface area contributed by atoms with Crippen LogP contribution in [-0.2, 0) is 4.79 Å². The smallest absolute Gasteiger partial charge is 0.303 e. The first-order valence-electron chi connectivity index (χ1n) is 5.63. The van der Waals surface area contributed by atoms with E-state index in [1.54, 1.807) is 0 Å². The molecule has 3 heteroatoms. The van der Waals surface area contributed by atoms with E-state index in [1.165, 1.54) is 25.7 Å². The first kappa shape index (κ1) is 11.5. The quantitative estimate of drug-likeness (QED) is 0.659. The summed E-state index contributed by atoms with van der Waals surface area (Å²) in [5.74, 6) is 0.242. The van der Waals surface area contributed by atoms with E-state index in [-0.39, 0.29) is 6.42 Å². The summed E-state index contributed by atoms with van der Waals surface area (Å²) in [6.45, 7) is 3.11. The Labute approximate surface area is 85.9 Å². The van der Waals surface area contributed by atoms with Crippen molar-refractivity contribution in [1.82, 2.24) is 5.32 Å². The summed E-state index contributed by atoms with van der Waals surface area (Å²) < 4.78 is 0. The van der Waals surface area contributed by atoms with Gasteiger partial charge in [-0.3, -0.25) is 4.79 Å². The summed E-state index contributed by atoms with van der Waals surface area (Å²) >= 11 is 0. The zero-order chi connectivity index (χ0) is 10.4. The predicted octanol–water partition coefficient (Wildman–Crippen LogP) is 2.02. The standard InChI is InChI=1S/C11H21NO2/c1-9(5-6-11(13)14)12-8-7-10-3-2-4-10/h9-10,12H,2-8H2,1H3,(H,13,14). The molecular formula is C11H21NO2. The Bertz CT molecular complexity index is 178. The minimum Gasteiger partial charge on any atom is -0.481 e. The molecular weight excluding hydrogens is 178 g/mol. The maximum absolute atomic E-state index is 10.3. The van der Waals surface area contributed by atoms with Gasteiger partial charge in [0.05, 0.1) is 0 Å². The molecule has 1 atom stereocenters. The molecule has 1 fully saturated rings. The third-order valence-electron chi connectivity index (χ3n) is 3.06. The monoisotopic (exact) mass is 199 g/mol. The van der Waals surface area contributed by atoms with Gasteiger partial charge in [-0.15, -0.1) is 0 Å². The van der Waals surface area contributed by atoms with Gasteiger partial charge in [-0.2, -0.15) is 0 Å². The van der Waals surface area contributed by atoms with E-state index in [9.17, 15) is 4.79 Å². The van der Waals surface area contributed by atoms with E-state index in [0.29, 0.717) is 6.04 Å². The van der Waals surface area contributed by atoms with Crippen LogP contribution >= 0.6 is 0 Å². The van der Waals surface area contributed by atoms with Crippen molar-refractivity contribution in [3.63, 3.8) is 0 Å². The molecule has 82 valence electrons. The van der Waals surface area contributed by atoms with Crippen molar-refractivity contribution in [2.45, 2.75) is 51.5 Å². The molecule has 0 amide bonds. The molecule has 0 aromatic heterocycles. The highest BCUT2D eigenvalue weighted by Crippen LogP contribution is 2.28. The molecule has 1 rings (SSSR count). The second kappa shape index (κ2) is 6.02. The lowest BCUT2D eigenvalue weighted by molar-refractivity contribution is -0.137. The Morgan fingerprint density at radius 3 is 2.79 bits per heavy atom. The van der Waals surface area contributed by atoms with Crippen LogP contribution in [0.3, 0.4) is 0 Å². The van der Waals surface area contributed by atoms with Gasteiger partial charge >= 0.3 is 5.97 Å². The van der Waals surface area contributed by atoms with Gasteiger partial charge < -0.3 is 10.4 Å². The van der Waals surface area contributed by atoms with Crippen molar-refractivity contribution in [2.24, 2.45) is 5.92 Å². The summed E-state index contributed by atoms with van der Waals surface area (Å²) in [5.41, 5.74) is 0. The number of carboxylic acids is 1. The van der Waals surface area contributed by atoms with Crippen LogP contribution in [0.1, 0.15) is 45.4 Å². The van der Waals surface area contributed by atoms with Crippen LogP contribution in [0, 0.1) is 5.92 Å². The molecule has 0 saturated heterocycles. The Kier molecular flexibility index (Phi) is 4.94. The number of carboxylic acid groups (broad SMARTS) is 1. The summed E-state index contributed by atoms with van der Waals surface area (Å²) in [5, 5.41) is 11.9. The molecule has 0 spiro atoms. The Balaban J connectivity index is 1.91. The van der Waals surface area contributed by atoms with Gasteiger partial charge in [0.25, 0.3) is 0 Å². The number of hydrogen-bond acceptors (Lipinski definition) is 2. The van der Waals surface area contributed by atoms with Crippen molar-refractivity contribution in [2.75, 3.05) is 6.54 Å². The second-order valence-corrected chi connectivity index (χ2v) is 4.37. The average Bonchev–Trinajstić information content (AvgIpc) is 2.06. The fourth-order valence-corrected chi connectivity index (χ4v) is 1.76. The molecule has 2 N–H and O–H groups in total. The lowest BCUT2D eigenvalue weighted by Gasteiger charge is -2.26. The zero-order valence-corrected chi connectivity index (χ0v) is 8.96. The van der Waals surface area contributed by atoms with E-state index < -0.39 is 5.97 Å². The topological polar surface area (TPSA) is 49.3 Å². The highest BCUT2D eigenvalue weighted by Gasteiger charge is 2.16. The van der Waals surface area contributed by atoms with Crippen LogP contribution in [0.25, 0.3) is 0 Å². The SMILES string of the molecule is CC(CCC(=O)O)NCCC1CCC1. The largest absolute Gasteiger partial charge is 0.481 e. The number of aliphatic carboxylic acids is 1.